The van der Waals surface area contributed by atoms with Gasteiger partial charge in [-0.3, -0.25) is 0 Å². The van der Waals surface area contributed by atoms with E-state index in [4.69, 9.17) is 11.6 Å². The molecule has 1 aromatic heterocycles. The number of aromatic nitrogens is 2. The lowest BCUT2D eigenvalue weighted by molar-refractivity contribution is -0.0493. The predicted molar refractivity (Wildman–Crippen MR) is 72.9 cm³/mol. The Kier molecular flexibility index (Phi) is 4.34. The molecule has 0 saturated heterocycles. The number of halogens is 3. The van der Waals surface area contributed by atoms with E-state index in [-0.39, 0.29) is 10.9 Å². The molecule has 0 spiro atoms. The molecule has 106 valence electrons. The second kappa shape index (κ2) is 6.00. The third-order valence-corrected chi connectivity index (χ3v) is 2.88. The van der Waals surface area contributed by atoms with Crippen LogP contribution < -0.4 is 10.1 Å². The van der Waals surface area contributed by atoms with Crippen molar-refractivity contribution in [1.82, 2.24) is 9.97 Å². The van der Waals surface area contributed by atoms with Gasteiger partial charge in [0.15, 0.2) is 11.0 Å². The van der Waals surface area contributed by atoms with E-state index in [9.17, 15) is 8.78 Å². The van der Waals surface area contributed by atoms with Gasteiger partial charge in [-0.15, -0.1) is 0 Å². The third kappa shape index (κ3) is 3.33. The van der Waals surface area contributed by atoms with Gasteiger partial charge in [0.25, 0.3) is 0 Å². The average molecular weight is 300 g/mol. The van der Waals surface area contributed by atoms with Gasteiger partial charge in [0.05, 0.1) is 17.1 Å². The van der Waals surface area contributed by atoms with Crippen LogP contribution in [0.1, 0.15) is 11.4 Å². The molecule has 20 heavy (non-hydrogen) atoms. The monoisotopic (exact) mass is 299 g/mol. The van der Waals surface area contributed by atoms with Crippen LogP contribution in [0.3, 0.4) is 0 Å². The van der Waals surface area contributed by atoms with Gasteiger partial charge in [-0.2, -0.15) is 8.78 Å². The summed E-state index contributed by atoms with van der Waals surface area (Å²) in [5.74, 6) is 0.304. The quantitative estimate of drug-likeness (QED) is 0.923. The molecule has 0 amide bonds. The summed E-state index contributed by atoms with van der Waals surface area (Å²) in [7, 11) is 0. The first kappa shape index (κ1) is 14.5. The molecule has 0 radical (unpaired) electrons. The summed E-state index contributed by atoms with van der Waals surface area (Å²) in [6, 6.07) is 6.29. The summed E-state index contributed by atoms with van der Waals surface area (Å²) in [5.41, 5.74) is 1.74. The lowest BCUT2D eigenvalue weighted by Gasteiger charge is -2.13. The molecule has 2 aromatic rings. The Balaban J connectivity index is 2.33. The first-order chi connectivity index (χ1) is 9.47. The van der Waals surface area contributed by atoms with Gasteiger partial charge < -0.3 is 10.1 Å². The van der Waals surface area contributed by atoms with Gasteiger partial charge in [-0.25, -0.2) is 9.97 Å². The molecule has 0 unspecified atom stereocenters. The average Bonchev–Trinajstić information content (AvgIpc) is 2.37. The zero-order valence-electron chi connectivity index (χ0n) is 10.8. The summed E-state index contributed by atoms with van der Waals surface area (Å²) in [4.78, 5) is 8.35. The molecule has 2 rings (SSSR count). The molecule has 0 atom stereocenters. The van der Waals surface area contributed by atoms with Crippen LogP contribution in [0.15, 0.2) is 24.3 Å². The minimum Gasteiger partial charge on any atom is -0.433 e. The number of ether oxygens (including phenoxy) is 1. The molecule has 0 saturated carbocycles. The van der Waals surface area contributed by atoms with Crippen molar-refractivity contribution in [3.8, 4) is 5.75 Å². The number of aryl methyl sites for hydroxylation is 2. The van der Waals surface area contributed by atoms with Crippen molar-refractivity contribution in [2.24, 2.45) is 0 Å². The van der Waals surface area contributed by atoms with Crippen molar-refractivity contribution in [3.05, 3.63) is 40.8 Å². The van der Waals surface area contributed by atoms with Crippen LogP contribution in [0.2, 0.25) is 5.15 Å². The molecule has 4 nitrogen and oxygen atoms in total. The number of nitrogens with one attached hydrogen (secondary N) is 1. The second-order valence-electron chi connectivity index (χ2n) is 4.03. The number of nitrogens with zero attached hydrogens (tertiary/aromatic N) is 2. The molecule has 0 aliphatic heterocycles. The van der Waals surface area contributed by atoms with Crippen molar-refractivity contribution >= 4 is 23.1 Å². The minimum absolute atomic E-state index is 0.0126. The second-order valence-corrected chi connectivity index (χ2v) is 4.39. The SMILES string of the molecule is Cc1nc(Cl)c(Nc2ccccc2OC(F)F)nc1C. The first-order valence-electron chi connectivity index (χ1n) is 5.79. The summed E-state index contributed by atoms with van der Waals surface area (Å²) >= 11 is 5.98. The molecule has 7 heteroatoms. The van der Waals surface area contributed by atoms with Gasteiger partial charge in [-0.1, -0.05) is 23.7 Å². The molecule has 0 aliphatic carbocycles. The van der Waals surface area contributed by atoms with E-state index in [0.29, 0.717) is 22.9 Å². The van der Waals surface area contributed by atoms with Crippen LogP contribution in [-0.4, -0.2) is 16.6 Å². The lowest BCUT2D eigenvalue weighted by Crippen LogP contribution is -2.06. The fourth-order valence-electron chi connectivity index (χ4n) is 1.55. The molecule has 1 heterocycles. The number of anilines is 2. The highest BCUT2D eigenvalue weighted by Crippen LogP contribution is 2.30. The van der Waals surface area contributed by atoms with E-state index in [1.807, 2.05) is 0 Å². The molecule has 1 N–H and O–H groups in total. The normalized spacial score (nSPS) is 10.7. The maximum Gasteiger partial charge on any atom is 0.387 e. The van der Waals surface area contributed by atoms with Crippen molar-refractivity contribution in [2.75, 3.05) is 5.32 Å². The summed E-state index contributed by atoms with van der Waals surface area (Å²) in [6.07, 6.45) is 0. The highest BCUT2D eigenvalue weighted by atomic mass is 35.5. The van der Waals surface area contributed by atoms with Gasteiger partial charge >= 0.3 is 6.61 Å². The van der Waals surface area contributed by atoms with Crippen LogP contribution in [0.4, 0.5) is 20.3 Å². The Bertz CT molecular complexity index is 623. The number of para-hydroxylation sites is 2. The van der Waals surface area contributed by atoms with Gasteiger partial charge in [0.1, 0.15) is 5.75 Å². The smallest absolute Gasteiger partial charge is 0.387 e. The van der Waals surface area contributed by atoms with E-state index in [1.165, 1.54) is 6.07 Å². The van der Waals surface area contributed by atoms with E-state index in [2.05, 4.69) is 20.0 Å². The number of hydrogen-bond acceptors (Lipinski definition) is 4. The number of benzene rings is 1. The van der Waals surface area contributed by atoms with Crippen LogP contribution in [0.5, 0.6) is 5.75 Å². The van der Waals surface area contributed by atoms with Gasteiger partial charge in [0, 0.05) is 0 Å². The Morgan fingerprint density at radius 2 is 1.80 bits per heavy atom. The predicted octanol–water partition coefficient (Wildman–Crippen LogP) is 4.09. The van der Waals surface area contributed by atoms with Crippen molar-refractivity contribution in [1.29, 1.82) is 0 Å². The summed E-state index contributed by atoms with van der Waals surface area (Å²) < 4.78 is 29.1. The highest BCUT2D eigenvalue weighted by molar-refractivity contribution is 6.31. The largest absolute Gasteiger partial charge is 0.433 e. The zero-order valence-corrected chi connectivity index (χ0v) is 11.6. The van der Waals surface area contributed by atoms with Crippen LogP contribution in [-0.2, 0) is 0 Å². The van der Waals surface area contributed by atoms with Crippen LogP contribution >= 0.6 is 11.6 Å². The summed E-state index contributed by atoms with van der Waals surface area (Å²) in [6.45, 7) is 0.663. The molecule has 0 fully saturated rings. The number of hydrogen-bond donors (Lipinski definition) is 1. The third-order valence-electron chi connectivity index (χ3n) is 2.62. The lowest BCUT2D eigenvalue weighted by atomic mass is 10.3. The highest BCUT2D eigenvalue weighted by Gasteiger charge is 2.12. The Hall–Kier alpha value is -1.95. The van der Waals surface area contributed by atoms with Gasteiger partial charge in [0.2, 0.25) is 0 Å². The minimum atomic E-state index is -2.90. The standard InChI is InChI=1S/C13H12ClF2N3O/c1-7-8(2)18-12(11(14)17-7)19-9-5-3-4-6-10(9)20-13(15)16/h3-6,13H,1-2H3,(H,18,19). The maximum atomic E-state index is 12.3. The van der Waals surface area contributed by atoms with E-state index >= 15 is 0 Å². The Morgan fingerprint density at radius 3 is 2.50 bits per heavy atom. The van der Waals surface area contributed by atoms with Crippen LogP contribution in [0.25, 0.3) is 0 Å². The molecule has 0 bridgehead atoms. The van der Waals surface area contributed by atoms with Crippen molar-refractivity contribution < 1.29 is 13.5 Å². The van der Waals surface area contributed by atoms with Gasteiger partial charge in [-0.05, 0) is 26.0 Å². The molecular weight excluding hydrogens is 288 g/mol. The van der Waals surface area contributed by atoms with E-state index in [1.54, 1.807) is 32.0 Å². The van der Waals surface area contributed by atoms with Crippen molar-refractivity contribution in [2.45, 2.75) is 20.5 Å². The Morgan fingerprint density at radius 1 is 1.15 bits per heavy atom. The summed E-state index contributed by atoms with van der Waals surface area (Å²) in [5, 5.41) is 3.02. The van der Waals surface area contributed by atoms with E-state index < -0.39 is 6.61 Å². The van der Waals surface area contributed by atoms with Crippen molar-refractivity contribution in [3.63, 3.8) is 0 Å². The molecule has 0 aliphatic rings. The molecule has 1 aromatic carbocycles. The fraction of sp³-hybridized carbons (Fsp3) is 0.231. The number of alkyl halides is 2. The first-order valence-corrected chi connectivity index (χ1v) is 6.16. The fourth-order valence-corrected chi connectivity index (χ4v) is 1.77. The topological polar surface area (TPSA) is 47.0 Å². The Labute approximate surface area is 119 Å². The zero-order chi connectivity index (χ0) is 14.7. The number of rotatable bonds is 4. The van der Waals surface area contributed by atoms with Crippen LogP contribution in [0, 0.1) is 13.8 Å². The maximum absolute atomic E-state index is 12.3. The molecular formula is C13H12ClF2N3O. The van der Waals surface area contributed by atoms with E-state index in [0.717, 1.165) is 0 Å².